The molecule has 0 amide bonds. The maximum atomic E-state index is 11.6. The van der Waals surface area contributed by atoms with E-state index in [2.05, 4.69) is 0 Å². The highest BCUT2D eigenvalue weighted by Crippen LogP contribution is 2.23. The van der Waals surface area contributed by atoms with E-state index >= 15 is 0 Å². The summed E-state index contributed by atoms with van der Waals surface area (Å²) in [6.07, 6.45) is 0. The van der Waals surface area contributed by atoms with Crippen molar-refractivity contribution >= 4 is 15.5 Å². The Morgan fingerprint density at radius 3 is 2.55 bits per heavy atom. The van der Waals surface area contributed by atoms with Gasteiger partial charge in [-0.3, -0.25) is 10.1 Å². The molecule has 20 heavy (non-hydrogen) atoms. The standard InChI is InChI=1S/C12H18N2O5S/c1-9(2)20(17,18)6-5-19-12-4-3-11(14(15)16)7-10(12)8-13/h3-4,7,9H,5-6,8,13H2,1-2H3. The Kier molecular flexibility index (Phi) is 5.46. The lowest BCUT2D eigenvalue weighted by Gasteiger charge is -2.11. The zero-order valence-corrected chi connectivity index (χ0v) is 12.2. The zero-order valence-electron chi connectivity index (χ0n) is 11.4. The molecule has 1 aromatic carbocycles. The van der Waals surface area contributed by atoms with Crippen LogP contribution in [0.2, 0.25) is 0 Å². The van der Waals surface area contributed by atoms with Crippen LogP contribution in [0.25, 0.3) is 0 Å². The van der Waals surface area contributed by atoms with Gasteiger partial charge < -0.3 is 10.5 Å². The van der Waals surface area contributed by atoms with E-state index in [9.17, 15) is 18.5 Å². The number of benzene rings is 1. The molecule has 0 aliphatic carbocycles. The van der Waals surface area contributed by atoms with Gasteiger partial charge in [0.15, 0.2) is 9.84 Å². The molecule has 8 heteroatoms. The molecule has 0 aliphatic rings. The van der Waals surface area contributed by atoms with Gasteiger partial charge >= 0.3 is 0 Å². The molecule has 1 aromatic rings. The minimum atomic E-state index is -3.17. The second-order valence-electron chi connectivity index (χ2n) is 4.52. The van der Waals surface area contributed by atoms with Gasteiger partial charge in [0.25, 0.3) is 5.69 Å². The van der Waals surface area contributed by atoms with Crippen molar-refractivity contribution < 1.29 is 18.1 Å². The van der Waals surface area contributed by atoms with Crippen LogP contribution in [-0.4, -0.2) is 31.0 Å². The van der Waals surface area contributed by atoms with Gasteiger partial charge in [-0.2, -0.15) is 0 Å². The first-order chi connectivity index (χ1) is 9.27. The summed E-state index contributed by atoms with van der Waals surface area (Å²) in [5.74, 6) is 0.267. The topological polar surface area (TPSA) is 113 Å². The van der Waals surface area contributed by atoms with E-state index in [4.69, 9.17) is 10.5 Å². The molecule has 1 rings (SSSR count). The molecule has 0 saturated heterocycles. The van der Waals surface area contributed by atoms with E-state index in [0.29, 0.717) is 11.3 Å². The SMILES string of the molecule is CC(C)S(=O)(=O)CCOc1ccc([N+](=O)[O-])cc1CN. The maximum Gasteiger partial charge on any atom is 0.270 e. The minimum absolute atomic E-state index is 0.00861. The Balaban J connectivity index is 2.76. The van der Waals surface area contributed by atoms with E-state index in [1.807, 2.05) is 0 Å². The average molecular weight is 302 g/mol. The summed E-state index contributed by atoms with van der Waals surface area (Å²) in [6.45, 7) is 3.28. The van der Waals surface area contributed by atoms with Crippen molar-refractivity contribution in [2.75, 3.05) is 12.4 Å². The maximum absolute atomic E-state index is 11.6. The fraction of sp³-hybridized carbons (Fsp3) is 0.500. The molecule has 2 N–H and O–H groups in total. The molecule has 112 valence electrons. The molecule has 0 unspecified atom stereocenters. The van der Waals surface area contributed by atoms with Crippen molar-refractivity contribution in [2.24, 2.45) is 5.73 Å². The van der Waals surface area contributed by atoms with Gasteiger partial charge in [-0.1, -0.05) is 0 Å². The lowest BCUT2D eigenvalue weighted by molar-refractivity contribution is -0.384. The Bertz CT molecular complexity index is 584. The van der Waals surface area contributed by atoms with Crippen LogP contribution >= 0.6 is 0 Å². The third-order valence-corrected chi connectivity index (χ3v) is 4.99. The molecule has 7 nitrogen and oxygen atoms in total. The number of hydrogen-bond acceptors (Lipinski definition) is 6. The number of non-ortho nitro benzene ring substituents is 1. The zero-order chi connectivity index (χ0) is 15.3. The fourth-order valence-corrected chi connectivity index (χ4v) is 2.27. The minimum Gasteiger partial charge on any atom is -0.492 e. The van der Waals surface area contributed by atoms with Crippen molar-refractivity contribution in [1.82, 2.24) is 0 Å². The smallest absolute Gasteiger partial charge is 0.270 e. The monoisotopic (exact) mass is 302 g/mol. The van der Waals surface area contributed by atoms with Gasteiger partial charge in [-0.25, -0.2) is 8.42 Å². The molecular formula is C12H18N2O5S. The molecule has 0 atom stereocenters. The molecular weight excluding hydrogens is 284 g/mol. The van der Waals surface area contributed by atoms with Crippen LogP contribution in [0, 0.1) is 10.1 Å². The third kappa shape index (κ3) is 4.17. The number of nitro benzene ring substituents is 1. The number of nitrogens with two attached hydrogens (primary N) is 1. The predicted molar refractivity (Wildman–Crippen MR) is 75.4 cm³/mol. The van der Waals surface area contributed by atoms with Crippen LogP contribution < -0.4 is 10.5 Å². The fourth-order valence-electron chi connectivity index (χ4n) is 1.48. The highest BCUT2D eigenvalue weighted by molar-refractivity contribution is 7.91. The van der Waals surface area contributed by atoms with Crippen molar-refractivity contribution in [3.8, 4) is 5.75 Å². The van der Waals surface area contributed by atoms with Crippen LogP contribution in [-0.2, 0) is 16.4 Å². The lowest BCUT2D eigenvalue weighted by atomic mass is 10.2. The van der Waals surface area contributed by atoms with Crippen LogP contribution in [0.5, 0.6) is 5.75 Å². The number of hydrogen-bond donors (Lipinski definition) is 1. The Labute approximate surface area is 117 Å². The largest absolute Gasteiger partial charge is 0.492 e. The number of nitrogens with zero attached hydrogens (tertiary/aromatic N) is 1. The van der Waals surface area contributed by atoms with E-state index in [0.717, 1.165) is 0 Å². The normalized spacial score (nSPS) is 11.6. The second kappa shape index (κ2) is 6.67. The number of sulfone groups is 1. The summed E-state index contributed by atoms with van der Waals surface area (Å²) in [4.78, 5) is 10.1. The Morgan fingerprint density at radius 1 is 1.40 bits per heavy atom. The number of nitro groups is 1. The van der Waals surface area contributed by atoms with E-state index in [-0.39, 0.29) is 24.6 Å². The third-order valence-electron chi connectivity index (χ3n) is 2.82. The van der Waals surface area contributed by atoms with E-state index in [1.165, 1.54) is 18.2 Å². The van der Waals surface area contributed by atoms with Gasteiger partial charge in [0.05, 0.1) is 15.9 Å². The van der Waals surface area contributed by atoms with Crippen molar-refractivity contribution in [2.45, 2.75) is 25.6 Å². The molecule has 0 radical (unpaired) electrons. The van der Waals surface area contributed by atoms with Crippen molar-refractivity contribution in [1.29, 1.82) is 0 Å². The first-order valence-electron chi connectivity index (χ1n) is 6.09. The van der Waals surface area contributed by atoms with Crippen LogP contribution in [0.3, 0.4) is 0 Å². The Hall–Kier alpha value is -1.67. The highest BCUT2D eigenvalue weighted by atomic mass is 32.2. The molecule has 0 saturated carbocycles. The summed E-state index contributed by atoms with van der Waals surface area (Å²) in [5, 5.41) is 10.2. The predicted octanol–water partition coefficient (Wildman–Crippen LogP) is 1.26. The number of rotatable bonds is 7. The van der Waals surface area contributed by atoms with E-state index in [1.54, 1.807) is 13.8 Å². The molecule has 0 fully saturated rings. The van der Waals surface area contributed by atoms with Gasteiger partial charge in [0.2, 0.25) is 0 Å². The quantitative estimate of drug-likeness (QED) is 0.599. The summed E-state index contributed by atoms with van der Waals surface area (Å²) in [5.41, 5.74) is 5.90. The molecule has 0 aliphatic heterocycles. The van der Waals surface area contributed by atoms with Gasteiger partial charge in [-0.05, 0) is 19.9 Å². The molecule has 0 heterocycles. The average Bonchev–Trinajstić information content (AvgIpc) is 2.38. The molecule has 0 aromatic heterocycles. The lowest BCUT2D eigenvalue weighted by Crippen LogP contribution is -2.22. The van der Waals surface area contributed by atoms with Crippen LogP contribution in [0.15, 0.2) is 18.2 Å². The summed E-state index contributed by atoms with van der Waals surface area (Å²) < 4.78 is 28.6. The Morgan fingerprint density at radius 2 is 2.05 bits per heavy atom. The summed E-state index contributed by atoms with van der Waals surface area (Å²) in [7, 11) is -3.17. The van der Waals surface area contributed by atoms with Gasteiger partial charge in [0.1, 0.15) is 12.4 Å². The van der Waals surface area contributed by atoms with Crippen LogP contribution in [0.4, 0.5) is 5.69 Å². The second-order valence-corrected chi connectivity index (χ2v) is 7.19. The van der Waals surface area contributed by atoms with Gasteiger partial charge in [0, 0.05) is 24.2 Å². The van der Waals surface area contributed by atoms with Crippen molar-refractivity contribution in [3.05, 3.63) is 33.9 Å². The van der Waals surface area contributed by atoms with Gasteiger partial charge in [-0.15, -0.1) is 0 Å². The number of ether oxygens (including phenoxy) is 1. The summed E-state index contributed by atoms with van der Waals surface area (Å²) in [6, 6.07) is 4.06. The van der Waals surface area contributed by atoms with Crippen molar-refractivity contribution in [3.63, 3.8) is 0 Å². The molecule has 0 bridgehead atoms. The highest BCUT2D eigenvalue weighted by Gasteiger charge is 2.17. The van der Waals surface area contributed by atoms with E-state index < -0.39 is 20.0 Å². The first-order valence-corrected chi connectivity index (χ1v) is 7.81. The van der Waals surface area contributed by atoms with Crippen LogP contribution in [0.1, 0.15) is 19.4 Å². The molecule has 0 spiro atoms. The summed E-state index contributed by atoms with van der Waals surface area (Å²) >= 11 is 0. The first kappa shape index (κ1) is 16.4.